The average Bonchev–Trinajstić information content (AvgIpc) is 3.02. The van der Waals surface area contributed by atoms with E-state index < -0.39 is 0 Å². The van der Waals surface area contributed by atoms with Crippen molar-refractivity contribution < 1.29 is 4.79 Å². The molecule has 0 amide bonds. The van der Waals surface area contributed by atoms with Gasteiger partial charge in [0.2, 0.25) is 0 Å². The van der Waals surface area contributed by atoms with Crippen LogP contribution in [0.25, 0.3) is 12.2 Å². The van der Waals surface area contributed by atoms with E-state index in [1.165, 1.54) is 0 Å². The molecule has 1 aliphatic heterocycles. The maximum Gasteiger partial charge on any atom is 0.196 e. The summed E-state index contributed by atoms with van der Waals surface area (Å²) in [6, 6.07) is 25.1. The Bertz CT molecular complexity index is 1050. The van der Waals surface area contributed by atoms with Gasteiger partial charge in [-0.2, -0.15) is 0 Å². The van der Waals surface area contributed by atoms with Gasteiger partial charge in [-0.05, 0) is 53.1 Å². The van der Waals surface area contributed by atoms with E-state index in [1.54, 1.807) is 11.8 Å². The van der Waals surface area contributed by atoms with Gasteiger partial charge in [-0.3, -0.25) is 4.79 Å². The monoisotopic (exact) mass is 422 g/mol. The van der Waals surface area contributed by atoms with Crippen LogP contribution >= 0.6 is 35.0 Å². The lowest BCUT2D eigenvalue weighted by Gasteiger charge is -2.10. The van der Waals surface area contributed by atoms with Crippen molar-refractivity contribution >= 4 is 52.9 Å². The van der Waals surface area contributed by atoms with E-state index in [-0.39, 0.29) is 11.0 Å². The Kier molecular flexibility index (Phi) is 5.72. The van der Waals surface area contributed by atoms with E-state index in [4.69, 9.17) is 23.2 Å². The molecule has 1 saturated heterocycles. The lowest BCUT2D eigenvalue weighted by molar-refractivity contribution is -0.111. The topological polar surface area (TPSA) is 17.1 Å². The van der Waals surface area contributed by atoms with Crippen molar-refractivity contribution in [3.63, 3.8) is 0 Å². The third kappa shape index (κ3) is 4.25. The Hall–Kier alpha value is -2.26. The summed E-state index contributed by atoms with van der Waals surface area (Å²) >= 11 is 13.6. The second kappa shape index (κ2) is 8.40. The molecule has 0 saturated carbocycles. The molecule has 1 aliphatic rings. The van der Waals surface area contributed by atoms with Crippen LogP contribution in [0.3, 0.4) is 0 Å². The number of benzene rings is 3. The number of hydrogen-bond donors (Lipinski definition) is 0. The van der Waals surface area contributed by atoms with Gasteiger partial charge in [-0.15, -0.1) is 11.8 Å². The number of Topliss-reactive ketones (excluding diaryl/α,β-unsaturated/α-hetero) is 1. The molecule has 28 heavy (non-hydrogen) atoms. The Balaban J connectivity index is 1.75. The molecule has 1 heterocycles. The third-order valence-corrected chi connectivity index (χ3v) is 6.30. The van der Waals surface area contributed by atoms with E-state index in [2.05, 4.69) is 12.1 Å². The molecule has 0 aliphatic carbocycles. The number of carbonyl (C=O) groups excluding carboxylic acids is 1. The van der Waals surface area contributed by atoms with Crippen molar-refractivity contribution in [3.8, 4) is 0 Å². The molecule has 4 rings (SSSR count). The number of rotatable bonds is 3. The Morgan fingerprint density at radius 1 is 0.714 bits per heavy atom. The van der Waals surface area contributed by atoms with Crippen molar-refractivity contribution in [1.82, 2.24) is 0 Å². The molecule has 1 nitrogen and oxygen atoms in total. The van der Waals surface area contributed by atoms with Gasteiger partial charge in [0.05, 0.1) is 10.2 Å². The normalized spacial score (nSPS) is 19.5. The van der Waals surface area contributed by atoms with E-state index in [0.717, 1.165) is 27.2 Å². The molecule has 0 spiro atoms. The van der Waals surface area contributed by atoms with Crippen LogP contribution in [0.2, 0.25) is 10.0 Å². The summed E-state index contributed by atoms with van der Waals surface area (Å²) in [5.74, 6) is 0.0590. The van der Waals surface area contributed by atoms with Crippen molar-refractivity contribution in [3.05, 3.63) is 116 Å². The van der Waals surface area contributed by atoms with Gasteiger partial charge < -0.3 is 0 Å². The summed E-state index contributed by atoms with van der Waals surface area (Å²) < 4.78 is 0. The predicted octanol–water partition coefficient (Wildman–Crippen LogP) is 7.48. The number of thioether (sulfide) groups is 1. The number of ketones is 1. The molecule has 0 aromatic heterocycles. The average molecular weight is 423 g/mol. The van der Waals surface area contributed by atoms with Crippen LogP contribution in [0.15, 0.2) is 89.3 Å². The molecule has 138 valence electrons. The van der Waals surface area contributed by atoms with Crippen LogP contribution < -0.4 is 0 Å². The zero-order chi connectivity index (χ0) is 19.5. The fourth-order valence-electron chi connectivity index (χ4n) is 3.07. The molecule has 1 unspecified atom stereocenters. The van der Waals surface area contributed by atoms with Gasteiger partial charge in [0.25, 0.3) is 0 Å². The summed E-state index contributed by atoms with van der Waals surface area (Å²) in [4.78, 5) is 14.0. The van der Waals surface area contributed by atoms with E-state index in [0.29, 0.717) is 10.0 Å². The molecular formula is C24H16Cl2OS. The lowest BCUT2D eigenvalue weighted by Crippen LogP contribution is -2.00. The van der Waals surface area contributed by atoms with Gasteiger partial charge in [0.1, 0.15) is 0 Å². The third-order valence-electron chi connectivity index (χ3n) is 4.48. The summed E-state index contributed by atoms with van der Waals surface area (Å²) in [7, 11) is 0. The molecule has 3 aromatic rings. The molecule has 1 atom stereocenters. The van der Waals surface area contributed by atoms with Crippen LogP contribution in [0, 0.1) is 0 Å². The van der Waals surface area contributed by atoms with Gasteiger partial charge in [-0.1, -0.05) is 77.8 Å². The standard InChI is InChI=1S/C24H16Cl2OS/c25-19-10-6-16(7-11-19)14-21-23(27)22(15-17-8-12-20(26)13-9-17)28-24(21)18-4-2-1-3-5-18/h1-15,24H/b21-14+,22-15+. The van der Waals surface area contributed by atoms with Gasteiger partial charge in [0, 0.05) is 15.6 Å². The van der Waals surface area contributed by atoms with Crippen molar-refractivity contribution in [2.45, 2.75) is 5.25 Å². The maximum absolute atomic E-state index is 13.2. The van der Waals surface area contributed by atoms with Crippen molar-refractivity contribution in [2.24, 2.45) is 0 Å². The molecule has 0 N–H and O–H groups in total. The second-order valence-corrected chi connectivity index (χ2v) is 8.47. The highest BCUT2D eigenvalue weighted by molar-refractivity contribution is 8.05. The minimum Gasteiger partial charge on any atom is -0.288 e. The van der Waals surface area contributed by atoms with Gasteiger partial charge in [-0.25, -0.2) is 0 Å². The minimum atomic E-state index is -0.0390. The molecule has 1 fully saturated rings. The molecule has 4 heteroatoms. The highest BCUT2D eigenvalue weighted by Crippen LogP contribution is 2.50. The first-order valence-electron chi connectivity index (χ1n) is 8.81. The number of allylic oxidation sites excluding steroid dienone is 1. The summed E-state index contributed by atoms with van der Waals surface area (Å²) in [6.07, 6.45) is 3.90. The lowest BCUT2D eigenvalue weighted by atomic mass is 9.98. The number of halogens is 2. The summed E-state index contributed by atoms with van der Waals surface area (Å²) in [5.41, 5.74) is 3.81. The fraction of sp³-hybridized carbons (Fsp3) is 0.0417. The zero-order valence-electron chi connectivity index (χ0n) is 14.8. The SMILES string of the molecule is O=C1/C(=C\c2ccc(Cl)cc2)SC(c2ccccc2)/C1=C/c1ccc(Cl)cc1. The first-order valence-corrected chi connectivity index (χ1v) is 10.4. The number of carbonyl (C=O) groups is 1. The number of hydrogen-bond acceptors (Lipinski definition) is 2. The van der Waals surface area contributed by atoms with Crippen LogP contribution in [0.4, 0.5) is 0 Å². The first-order chi connectivity index (χ1) is 13.6. The van der Waals surface area contributed by atoms with Gasteiger partial charge >= 0.3 is 0 Å². The highest BCUT2D eigenvalue weighted by atomic mass is 35.5. The maximum atomic E-state index is 13.2. The molecule has 3 aromatic carbocycles. The van der Waals surface area contributed by atoms with Crippen LogP contribution in [0.1, 0.15) is 21.9 Å². The molecular weight excluding hydrogens is 407 g/mol. The fourth-order valence-corrected chi connectivity index (χ4v) is 4.60. The summed E-state index contributed by atoms with van der Waals surface area (Å²) in [5, 5.41) is 1.32. The van der Waals surface area contributed by atoms with E-state index >= 15 is 0 Å². The smallest absolute Gasteiger partial charge is 0.196 e. The minimum absolute atomic E-state index is 0.0390. The van der Waals surface area contributed by atoms with E-state index in [1.807, 2.05) is 78.9 Å². The predicted molar refractivity (Wildman–Crippen MR) is 121 cm³/mol. The van der Waals surface area contributed by atoms with Crippen molar-refractivity contribution in [2.75, 3.05) is 0 Å². The van der Waals surface area contributed by atoms with Crippen LogP contribution in [-0.2, 0) is 4.79 Å². The zero-order valence-corrected chi connectivity index (χ0v) is 17.1. The van der Waals surface area contributed by atoms with E-state index in [9.17, 15) is 4.79 Å². The quantitative estimate of drug-likeness (QED) is 0.407. The largest absolute Gasteiger partial charge is 0.288 e. The first kappa shape index (κ1) is 19.1. The second-order valence-electron chi connectivity index (χ2n) is 6.45. The van der Waals surface area contributed by atoms with Crippen LogP contribution in [0.5, 0.6) is 0 Å². The van der Waals surface area contributed by atoms with Crippen LogP contribution in [-0.4, -0.2) is 5.78 Å². The molecule has 0 bridgehead atoms. The Morgan fingerprint density at radius 2 is 1.25 bits per heavy atom. The molecule has 0 radical (unpaired) electrons. The Morgan fingerprint density at radius 3 is 1.82 bits per heavy atom. The van der Waals surface area contributed by atoms with Gasteiger partial charge in [0.15, 0.2) is 5.78 Å². The Labute approximate surface area is 178 Å². The van der Waals surface area contributed by atoms with Crippen molar-refractivity contribution in [1.29, 1.82) is 0 Å². The highest BCUT2D eigenvalue weighted by Gasteiger charge is 2.34. The summed E-state index contributed by atoms with van der Waals surface area (Å²) in [6.45, 7) is 0.